The number of hydrogen-bond acceptors (Lipinski definition) is 3. The summed E-state index contributed by atoms with van der Waals surface area (Å²) in [6, 6.07) is 10.8. The normalized spacial score (nSPS) is 12.5. The molecule has 2 nitrogen and oxygen atoms in total. The predicted molar refractivity (Wildman–Crippen MR) is 73.9 cm³/mol. The molecule has 0 aromatic heterocycles. The molecular weight excluding hydrogens is 223 g/mol. The van der Waals surface area contributed by atoms with Gasteiger partial charge in [0.1, 0.15) is 5.30 Å². The Hall–Kier alpha value is -0.0800. The maximum atomic E-state index is 2.35. The first-order valence-electron chi connectivity index (χ1n) is 4.91. The summed E-state index contributed by atoms with van der Waals surface area (Å²) in [5.41, 5.74) is 0. The van der Waals surface area contributed by atoms with Crippen LogP contribution in [0.2, 0.25) is 0 Å². The summed E-state index contributed by atoms with van der Waals surface area (Å²) < 4.78 is 4.71. The Morgan fingerprint density at radius 3 is 1.73 bits per heavy atom. The average molecular weight is 243 g/mol. The van der Waals surface area contributed by atoms with Gasteiger partial charge in [-0.15, -0.1) is 0 Å². The van der Waals surface area contributed by atoms with E-state index in [9.17, 15) is 0 Å². The van der Waals surface area contributed by atoms with E-state index in [4.69, 9.17) is 0 Å². The fourth-order valence-electron chi connectivity index (χ4n) is 1.87. The Morgan fingerprint density at radius 1 is 0.933 bits per heavy atom. The Balaban J connectivity index is 3.22. The molecule has 0 unspecified atom stereocenters. The van der Waals surface area contributed by atoms with E-state index >= 15 is 0 Å². The first-order chi connectivity index (χ1) is 7.05. The fourth-order valence-corrected chi connectivity index (χ4v) is 7.89. The molecule has 0 saturated heterocycles. The van der Waals surface area contributed by atoms with Gasteiger partial charge in [0.2, 0.25) is 6.77 Å². The van der Waals surface area contributed by atoms with Crippen molar-refractivity contribution in [1.82, 2.24) is 9.34 Å². The molecule has 15 heavy (non-hydrogen) atoms. The van der Waals surface area contributed by atoms with Gasteiger partial charge in [-0.25, -0.2) is 0 Å². The summed E-state index contributed by atoms with van der Waals surface area (Å²) in [6.45, 7) is -1.39. The standard InChI is InChI=1S/C11H20N2PS/c1-12(2)14(15-5,13(3)4)11-9-7-6-8-10-11/h6-10H,1-5H3/q+1. The molecule has 1 aromatic carbocycles. The van der Waals surface area contributed by atoms with Crippen LogP contribution >= 0.6 is 18.1 Å². The highest BCUT2D eigenvalue weighted by atomic mass is 32.7. The summed E-state index contributed by atoms with van der Waals surface area (Å²) in [4.78, 5) is 0. The highest BCUT2D eigenvalue weighted by Gasteiger charge is 2.46. The zero-order valence-corrected chi connectivity index (χ0v) is 11.8. The van der Waals surface area contributed by atoms with Gasteiger partial charge in [0.15, 0.2) is 0 Å². The van der Waals surface area contributed by atoms with Crippen LogP contribution in [-0.2, 0) is 0 Å². The molecule has 0 bridgehead atoms. The third-order valence-electron chi connectivity index (χ3n) is 2.43. The van der Waals surface area contributed by atoms with E-state index < -0.39 is 6.77 Å². The van der Waals surface area contributed by atoms with E-state index in [1.807, 2.05) is 11.4 Å². The molecule has 0 aliphatic carbocycles. The van der Waals surface area contributed by atoms with Crippen molar-refractivity contribution in [2.45, 2.75) is 0 Å². The van der Waals surface area contributed by atoms with Crippen LogP contribution in [0, 0.1) is 0 Å². The molecular formula is C11H20N2PS+. The van der Waals surface area contributed by atoms with E-state index in [0.29, 0.717) is 0 Å². The minimum absolute atomic E-state index is 1.39. The van der Waals surface area contributed by atoms with Gasteiger partial charge in [-0.05, 0) is 12.1 Å². The Bertz CT molecular complexity index is 293. The van der Waals surface area contributed by atoms with Crippen molar-refractivity contribution in [3.05, 3.63) is 30.3 Å². The summed E-state index contributed by atoms with van der Waals surface area (Å²) in [7, 11) is 8.66. The Kier molecular flexibility index (Phi) is 4.60. The van der Waals surface area contributed by atoms with Crippen molar-refractivity contribution in [2.24, 2.45) is 0 Å². The molecule has 84 valence electrons. The van der Waals surface area contributed by atoms with Crippen molar-refractivity contribution >= 4 is 23.5 Å². The average Bonchev–Trinajstić information content (AvgIpc) is 2.20. The van der Waals surface area contributed by atoms with Crippen molar-refractivity contribution in [3.8, 4) is 0 Å². The zero-order chi connectivity index (χ0) is 11.5. The van der Waals surface area contributed by atoms with E-state index in [2.05, 4.69) is 74.1 Å². The quantitative estimate of drug-likeness (QED) is 0.750. The number of benzene rings is 1. The first kappa shape index (κ1) is 13.0. The second kappa shape index (κ2) is 5.31. The van der Waals surface area contributed by atoms with Crippen molar-refractivity contribution in [3.63, 3.8) is 0 Å². The van der Waals surface area contributed by atoms with Gasteiger partial charge < -0.3 is 0 Å². The molecule has 0 fully saturated rings. The molecule has 0 aliphatic heterocycles. The molecule has 1 rings (SSSR count). The van der Waals surface area contributed by atoms with Gasteiger partial charge in [0.25, 0.3) is 0 Å². The van der Waals surface area contributed by atoms with Gasteiger partial charge in [-0.2, -0.15) is 9.34 Å². The second-order valence-corrected chi connectivity index (χ2v) is 9.95. The summed E-state index contributed by atoms with van der Waals surface area (Å²) >= 11 is 1.95. The number of rotatable bonds is 4. The lowest BCUT2D eigenvalue weighted by molar-refractivity contribution is 0.578. The van der Waals surface area contributed by atoms with Crippen molar-refractivity contribution < 1.29 is 0 Å². The lowest BCUT2D eigenvalue weighted by Gasteiger charge is -2.33. The molecule has 0 heterocycles. The number of nitrogens with zero attached hydrogens (tertiary/aromatic N) is 2. The Morgan fingerprint density at radius 2 is 1.40 bits per heavy atom. The molecule has 1 aromatic rings. The first-order valence-corrected chi connectivity index (χ1v) is 8.44. The molecule has 0 saturated carbocycles. The molecule has 0 spiro atoms. The lowest BCUT2D eigenvalue weighted by atomic mass is 10.4. The Labute approximate surface area is 97.8 Å². The summed E-state index contributed by atoms with van der Waals surface area (Å²) in [5, 5.41) is 1.42. The second-order valence-electron chi connectivity index (χ2n) is 3.76. The lowest BCUT2D eigenvalue weighted by Crippen LogP contribution is -2.31. The van der Waals surface area contributed by atoms with Crippen LogP contribution < -0.4 is 5.30 Å². The van der Waals surface area contributed by atoms with Crippen LogP contribution in [0.1, 0.15) is 0 Å². The van der Waals surface area contributed by atoms with Gasteiger partial charge >= 0.3 is 0 Å². The molecule has 0 N–H and O–H groups in total. The zero-order valence-electron chi connectivity index (χ0n) is 10.1. The van der Waals surface area contributed by atoms with Crippen LogP contribution in [0.3, 0.4) is 0 Å². The van der Waals surface area contributed by atoms with Crippen LogP contribution in [-0.4, -0.2) is 43.8 Å². The van der Waals surface area contributed by atoms with Crippen LogP contribution in [0.4, 0.5) is 0 Å². The third kappa shape index (κ3) is 2.36. The van der Waals surface area contributed by atoms with Gasteiger partial charge in [-0.3, -0.25) is 0 Å². The summed E-state index contributed by atoms with van der Waals surface area (Å²) in [5.74, 6) is 0. The summed E-state index contributed by atoms with van der Waals surface area (Å²) in [6.07, 6.45) is 2.20. The van der Waals surface area contributed by atoms with Crippen LogP contribution in [0.15, 0.2) is 30.3 Å². The molecule has 0 atom stereocenters. The van der Waals surface area contributed by atoms with Crippen LogP contribution in [0.25, 0.3) is 0 Å². The molecule has 0 aliphatic rings. The third-order valence-corrected chi connectivity index (χ3v) is 10.2. The monoisotopic (exact) mass is 243 g/mol. The minimum atomic E-state index is -1.39. The van der Waals surface area contributed by atoms with E-state index in [0.717, 1.165) is 0 Å². The maximum Gasteiger partial charge on any atom is 0.245 e. The molecule has 4 heteroatoms. The maximum absolute atomic E-state index is 2.35. The molecule has 0 amide bonds. The smallest absolute Gasteiger partial charge is 0.155 e. The van der Waals surface area contributed by atoms with Crippen LogP contribution in [0.5, 0.6) is 0 Å². The van der Waals surface area contributed by atoms with E-state index in [1.54, 1.807) is 0 Å². The van der Waals surface area contributed by atoms with Gasteiger partial charge in [0.05, 0.1) is 11.4 Å². The van der Waals surface area contributed by atoms with Gasteiger partial charge in [-0.1, -0.05) is 18.2 Å². The molecule has 0 radical (unpaired) electrons. The van der Waals surface area contributed by atoms with Crippen molar-refractivity contribution in [2.75, 3.05) is 34.4 Å². The highest BCUT2D eigenvalue weighted by molar-refractivity contribution is 8.62. The highest BCUT2D eigenvalue weighted by Crippen LogP contribution is 2.70. The largest absolute Gasteiger partial charge is 0.245 e. The van der Waals surface area contributed by atoms with E-state index in [-0.39, 0.29) is 0 Å². The SMILES string of the molecule is CS[P+](c1ccccc1)(N(C)C)N(C)C. The minimum Gasteiger partial charge on any atom is -0.155 e. The number of hydrogen-bond donors (Lipinski definition) is 0. The topological polar surface area (TPSA) is 6.48 Å². The van der Waals surface area contributed by atoms with Crippen molar-refractivity contribution in [1.29, 1.82) is 0 Å². The van der Waals surface area contributed by atoms with Gasteiger partial charge in [0, 0.05) is 34.4 Å². The fraction of sp³-hybridized carbons (Fsp3) is 0.455. The predicted octanol–water partition coefficient (Wildman–Crippen LogP) is 2.56. The van der Waals surface area contributed by atoms with E-state index in [1.165, 1.54) is 5.30 Å².